The molecule has 0 amide bonds. The van der Waals surface area contributed by atoms with Gasteiger partial charge in [0.2, 0.25) is 0 Å². The number of hydrogen-bond donors (Lipinski definition) is 1. The molecule has 0 spiro atoms. The van der Waals surface area contributed by atoms with Crippen LogP contribution >= 0.6 is 23.2 Å². The van der Waals surface area contributed by atoms with Crippen LogP contribution in [0.1, 0.15) is 17.3 Å². The molecule has 3 nitrogen and oxygen atoms in total. The molecule has 0 aliphatic heterocycles. The molecule has 2 aromatic rings. The molecular weight excluding hydrogens is 269 g/mol. The lowest BCUT2D eigenvalue weighted by atomic mass is 10.0. The first-order valence-electron chi connectivity index (χ1n) is 5.58. The first-order valence-corrected chi connectivity index (χ1v) is 6.33. The topological polar surface area (TPSA) is 37.8 Å². The van der Waals surface area contributed by atoms with Gasteiger partial charge in [-0.25, -0.2) is 0 Å². The van der Waals surface area contributed by atoms with Crippen LogP contribution in [-0.2, 0) is 6.42 Å². The molecule has 0 aliphatic rings. The quantitative estimate of drug-likeness (QED) is 0.935. The van der Waals surface area contributed by atoms with Gasteiger partial charge >= 0.3 is 0 Å². The summed E-state index contributed by atoms with van der Waals surface area (Å²) in [6.45, 7) is 0. The molecule has 0 radical (unpaired) electrons. The summed E-state index contributed by atoms with van der Waals surface area (Å²) in [5.41, 5.74) is 1.98. The van der Waals surface area contributed by atoms with E-state index in [1.165, 1.54) is 5.56 Å². The third-order valence-corrected chi connectivity index (χ3v) is 3.21. The van der Waals surface area contributed by atoms with E-state index in [-0.39, 0.29) is 6.04 Å². The minimum atomic E-state index is 0.0529. The molecule has 0 aliphatic carbocycles. The molecule has 5 heteroatoms. The van der Waals surface area contributed by atoms with E-state index in [0.29, 0.717) is 10.0 Å². The number of pyridine rings is 2. The van der Waals surface area contributed by atoms with E-state index >= 15 is 0 Å². The molecule has 0 bridgehead atoms. The minimum absolute atomic E-state index is 0.0529. The molecule has 1 atom stereocenters. The number of nitrogens with zero attached hydrogens (tertiary/aromatic N) is 2. The second-order valence-corrected chi connectivity index (χ2v) is 4.77. The second-order valence-electron chi connectivity index (χ2n) is 3.92. The highest BCUT2D eigenvalue weighted by Crippen LogP contribution is 2.25. The van der Waals surface area contributed by atoms with Crippen molar-refractivity contribution in [3.05, 3.63) is 58.1 Å². The third kappa shape index (κ3) is 3.19. The van der Waals surface area contributed by atoms with Crippen LogP contribution in [0.15, 0.2) is 36.8 Å². The molecule has 2 rings (SSSR count). The van der Waals surface area contributed by atoms with Crippen molar-refractivity contribution in [3.8, 4) is 0 Å². The van der Waals surface area contributed by atoms with Gasteiger partial charge in [0.1, 0.15) is 0 Å². The summed E-state index contributed by atoms with van der Waals surface area (Å²) in [6, 6.07) is 5.72. The first kappa shape index (κ1) is 13.3. The van der Waals surface area contributed by atoms with E-state index in [1.807, 2.05) is 19.2 Å². The highest BCUT2D eigenvalue weighted by atomic mass is 35.5. The molecule has 0 aromatic carbocycles. The maximum Gasteiger partial charge on any atom is 0.0763 e. The Morgan fingerprint density at radius 2 is 2.00 bits per heavy atom. The Balaban J connectivity index is 2.23. The molecule has 1 N–H and O–H groups in total. The van der Waals surface area contributed by atoms with E-state index in [0.717, 1.165) is 12.1 Å². The maximum atomic E-state index is 6.17. The highest BCUT2D eigenvalue weighted by molar-refractivity contribution is 6.34. The largest absolute Gasteiger partial charge is 0.311 e. The maximum absolute atomic E-state index is 6.17. The smallest absolute Gasteiger partial charge is 0.0763 e. The predicted molar refractivity (Wildman–Crippen MR) is 74.0 cm³/mol. The van der Waals surface area contributed by atoms with E-state index in [1.54, 1.807) is 24.7 Å². The van der Waals surface area contributed by atoms with Gasteiger partial charge in [0.15, 0.2) is 0 Å². The minimum Gasteiger partial charge on any atom is -0.311 e. The van der Waals surface area contributed by atoms with Crippen molar-refractivity contribution in [1.29, 1.82) is 0 Å². The Bertz CT molecular complexity index is 517. The molecule has 0 saturated carbocycles. The number of aromatic nitrogens is 2. The van der Waals surface area contributed by atoms with Gasteiger partial charge in [-0.15, -0.1) is 0 Å². The average molecular weight is 282 g/mol. The monoisotopic (exact) mass is 281 g/mol. The third-order valence-electron chi connectivity index (χ3n) is 2.70. The van der Waals surface area contributed by atoms with Crippen LogP contribution in [0.4, 0.5) is 0 Å². The molecule has 94 valence electrons. The van der Waals surface area contributed by atoms with Gasteiger partial charge in [-0.1, -0.05) is 23.2 Å². The summed E-state index contributed by atoms with van der Waals surface area (Å²) in [5, 5.41) is 4.34. The van der Waals surface area contributed by atoms with Crippen LogP contribution in [0.2, 0.25) is 10.0 Å². The van der Waals surface area contributed by atoms with Crippen molar-refractivity contribution in [2.75, 3.05) is 7.05 Å². The zero-order valence-electron chi connectivity index (χ0n) is 9.90. The van der Waals surface area contributed by atoms with Gasteiger partial charge in [-0.3, -0.25) is 9.97 Å². The standard InChI is InChI=1S/C13H13Cl2N3/c1-16-12(6-9-2-4-17-5-3-9)13-11(15)7-10(14)8-18-13/h2-5,7-8,12,16H,6H2,1H3. The molecule has 0 fully saturated rings. The number of hydrogen-bond acceptors (Lipinski definition) is 3. The lowest BCUT2D eigenvalue weighted by Crippen LogP contribution is -2.20. The SMILES string of the molecule is CNC(Cc1ccncc1)c1ncc(Cl)cc1Cl. The summed E-state index contributed by atoms with van der Waals surface area (Å²) in [5.74, 6) is 0. The molecule has 18 heavy (non-hydrogen) atoms. The summed E-state index contributed by atoms with van der Waals surface area (Å²) in [7, 11) is 1.89. The lowest BCUT2D eigenvalue weighted by Gasteiger charge is -2.17. The fourth-order valence-corrected chi connectivity index (χ4v) is 2.28. The van der Waals surface area contributed by atoms with Gasteiger partial charge in [0, 0.05) is 18.6 Å². The van der Waals surface area contributed by atoms with Gasteiger partial charge < -0.3 is 5.32 Å². The van der Waals surface area contributed by atoms with Crippen LogP contribution in [0, 0.1) is 0 Å². The summed E-state index contributed by atoms with van der Waals surface area (Å²) in [4.78, 5) is 8.30. The van der Waals surface area contributed by atoms with E-state index in [2.05, 4.69) is 15.3 Å². The summed E-state index contributed by atoms with van der Waals surface area (Å²) in [6.07, 6.45) is 5.96. The Kier molecular flexibility index (Phi) is 4.53. The molecule has 2 heterocycles. The number of rotatable bonds is 4. The summed E-state index contributed by atoms with van der Waals surface area (Å²) < 4.78 is 0. The Labute approximate surface area is 116 Å². The fraction of sp³-hybridized carbons (Fsp3) is 0.231. The highest BCUT2D eigenvalue weighted by Gasteiger charge is 2.15. The van der Waals surface area contributed by atoms with Crippen LogP contribution in [-0.4, -0.2) is 17.0 Å². The fourth-order valence-electron chi connectivity index (χ4n) is 1.77. The van der Waals surface area contributed by atoms with Gasteiger partial charge in [-0.05, 0) is 37.2 Å². The normalized spacial score (nSPS) is 12.4. The van der Waals surface area contributed by atoms with Crippen molar-refractivity contribution in [2.45, 2.75) is 12.5 Å². The van der Waals surface area contributed by atoms with Crippen molar-refractivity contribution >= 4 is 23.2 Å². The van der Waals surface area contributed by atoms with E-state index < -0.39 is 0 Å². The second kappa shape index (κ2) is 6.14. The van der Waals surface area contributed by atoms with Gasteiger partial charge in [0.25, 0.3) is 0 Å². The number of likely N-dealkylation sites (N-methyl/N-ethyl adjacent to an activating group) is 1. The van der Waals surface area contributed by atoms with Gasteiger partial charge in [0.05, 0.1) is 21.8 Å². The van der Waals surface area contributed by atoms with E-state index in [9.17, 15) is 0 Å². The zero-order chi connectivity index (χ0) is 13.0. The van der Waals surface area contributed by atoms with Crippen LogP contribution in [0.5, 0.6) is 0 Å². The average Bonchev–Trinajstić information content (AvgIpc) is 2.38. The van der Waals surface area contributed by atoms with Crippen molar-refractivity contribution in [1.82, 2.24) is 15.3 Å². The summed E-state index contributed by atoms with van der Waals surface area (Å²) >= 11 is 12.0. The number of halogens is 2. The zero-order valence-corrected chi connectivity index (χ0v) is 11.4. The van der Waals surface area contributed by atoms with Gasteiger partial charge in [-0.2, -0.15) is 0 Å². The Hall–Kier alpha value is -1.16. The first-order chi connectivity index (χ1) is 8.70. The molecule has 1 unspecified atom stereocenters. The van der Waals surface area contributed by atoms with Crippen LogP contribution in [0.3, 0.4) is 0 Å². The van der Waals surface area contributed by atoms with Crippen LogP contribution < -0.4 is 5.32 Å². The molecule has 0 saturated heterocycles. The lowest BCUT2D eigenvalue weighted by molar-refractivity contribution is 0.576. The van der Waals surface area contributed by atoms with Crippen molar-refractivity contribution < 1.29 is 0 Å². The number of nitrogens with one attached hydrogen (secondary N) is 1. The van der Waals surface area contributed by atoms with Crippen molar-refractivity contribution in [3.63, 3.8) is 0 Å². The molecule has 2 aromatic heterocycles. The Morgan fingerprint density at radius 3 is 2.61 bits per heavy atom. The van der Waals surface area contributed by atoms with Crippen molar-refractivity contribution in [2.24, 2.45) is 0 Å². The van der Waals surface area contributed by atoms with E-state index in [4.69, 9.17) is 23.2 Å². The van der Waals surface area contributed by atoms with Crippen LogP contribution in [0.25, 0.3) is 0 Å². The Morgan fingerprint density at radius 1 is 1.28 bits per heavy atom. The predicted octanol–water partition coefficient (Wildman–Crippen LogP) is 3.29. The molecular formula is C13H13Cl2N3.